The van der Waals surface area contributed by atoms with Crippen LogP contribution in [0.3, 0.4) is 0 Å². The van der Waals surface area contributed by atoms with Crippen molar-refractivity contribution in [3.63, 3.8) is 0 Å². The second kappa shape index (κ2) is 23.0. The molecule has 0 aliphatic heterocycles. The van der Waals surface area contributed by atoms with Gasteiger partial charge >= 0.3 is 118 Å². The summed E-state index contributed by atoms with van der Waals surface area (Å²) in [5.74, 6) is -4.83. The molecule has 5 rings (SSSR count). The molecular formula is C36H28Na4O12. The Morgan fingerprint density at radius 3 is 0.654 bits per heavy atom. The standard InChI is InChI=1S/C36H32O12.4Na/c37-29(38)17-45-33-21-5-1-6-22(33)14-24-8-3-10-26(35(24)47-19-31(41)42)16-28-12-4-11-27(36(28)48-20-32(43)44)15-25-9-2-7-23(13-21)34(25)46-18-30(39)40;;;;/h1-12H,13-20H2,(H,37,38)(H,39,40)(H,41,42)(H,43,44);;;;/q;4*+1/p-4. The first-order chi connectivity index (χ1) is 23.1. The van der Waals surface area contributed by atoms with Crippen LogP contribution in [0.4, 0.5) is 0 Å². The third kappa shape index (κ3) is 13.1. The van der Waals surface area contributed by atoms with Gasteiger partial charge in [0, 0.05) is 25.7 Å². The molecule has 0 saturated heterocycles. The quantitative estimate of drug-likeness (QED) is 0.110. The van der Waals surface area contributed by atoms with Gasteiger partial charge in [-0.25, -0.2) is 0 Å². The van der Waals surface area contributed by atoms with Gasteiger partial charge in [0.15, 0.2) is 0 Å². The number of carboxylic acid groups (broad SMARTS) is 4. The van der Waals surface area contributed by atoms with Crippen molar-refractivity contribution < 1.29 is 177 Å². The SMILES string of the molecule is O=C([O-])COc1c2cccc1Cc1cccc(c1OCC(=O)[O-])Cc1cccc(c1OCC(=O)[O-])Cc1cccc(c1OCC(=O)[O-])C2.[Na+].[Na+].[Na+].[Na+]. The number of benzene rings is 4. The van der Waals surface area contributed by atoms with Crippen molar-refractivity contribution in [2.45, 2.75) is 25.7 Å². The van der Waals surface area contributed by atoms with E-state index in [1.165, 1.54) is 0 Å². The zero-order valence-electron chi connectivity index (χ0n) is 29.5. The summed E-state index contributed by atoms with van der Waals surface area (Å²) in [6.07, 6.45) is 0.479. The zero-order chi connectivity index (χ0) is 34.2. The molecule has 1 aliphatic rings. The first-order valence-electron chi connectivity index (χ1n) is 14.8. The molecule has 0 N–H and O–H groups in total. The van der Waals surface area contributed by atoms with E-state index in [0.29, 0.717) is 44.5 Å². The molecule has 0 aromatic heterocycles. The molecular weight excluding hydrogens is 716 g/mol. The smallest absolute Gasteiger partial charge is 0.546 e. The molecule has 0 amide bonds. The molecule has 0 heterocycles. The summed E-state index contributed by atoms with van der Waals surface area (Å²) in [4.78, 5) is 45.9. The molecule has 0 spiro atoms. The van der Waals surface area contributed by atoms with Crippen LogP contribution in [0.15, 0.2) is 72.8 Å². The maximum Gasteiger partial charge on any atom is 1.00 e. The monoisotopic (exact) mass is 744 g/mol. The summed E-state index contributed by atoms with van der Waals surface area (Å²) in [6, 6.07) is 20.8. The van der Waals surface area contributed by atoms with Crippen molar-refractivity contribution in [3.8, 4) is 23.0 Å². The number of carbonyl (C=O) groups is 4. The summed E-state index contributed by atoms with van der Waals surface area (Å²) < 4.78 is 23.1. The Labute approximate surface area is 388 Å². The predicted octanol–water partition coefficient (Wildman–Crippen LogP) is -13.1. The van der Waals surface area contributed by atoms with Crippen molar-refractivity contribution in [2.24, 2.45) is 0 Å². The fourth-order valence-corrected chi connectivity index (χ4v) is 5.75. The topological polar surface area (TPSA) is 197 Å². The molecule has 0 saturated carbocycles. The Hall–Kier alpha value is -2.04. The molecule has 1 aliphatic carbocycles. The van der Waals surface area contributed by atoms with Crippen LogP contribution in [0.25, 0.3) is 0 Å². The number of hydrogen-bond acceptors (Lipinski definition) is 12. The summed E-state index contributed by atoms with van der Waals surface area (Å²) >= 11 is 0. The molecule has 248 valence electrons. The first kappa shape index (κ1) is 48.0. The van der Waals surface area contributed by atoms with Crippen LogP contribution >= 0.6 is 0 Å². The molecule has 4 aromatic carbocycles. The summed E-state index contributed by atoms with van der Waals surface area (Å²) in [5, 5.41) is 45.9. The van der Waals surface area contributed by atoms with Gasteiger partial charge in [-0.3, -0.25) is 0 Å². The molecule has 4 aromatic rings. The van der Waals surface area contributed by atoms with E-state index in [9.17, 15) is 39.6 Å². The minimum Gasteiger partial charge on any atom is -0.546 e. The van der Waals surface area contributed by atoms with E-state index in [0.717, 1.165) is 0 Å². The fraction of sp³-hybridized carbons (Fsp3) is 0.222. The average molecular weight is 745 g/mol. The molecule has 0 unspecified atom stereocenters. The minimum atomic E-state index is -1.45. The maximum absolute atomic E-state index is 11.5. The molecule has 16 heteroatoms. The van der Waals surface area contributed by atoms with Gasteiger partial charge in [0.1, 0.15) is 49.4 Å². The molecule has 12 nitrogen and oxygen atoms in total. The van der Waals surface area contributed by atoms with Crippen LogP contribution in [-0.2, 0) is 44.9 Å². The summed E-state index contributed by atoms with van der Waals surface area (Å²) in [6.45, 7) is -3.02. The molecule has 8 bridgehead atoms. The van der Waals surface area contributed by atoms with Crippen LogP contribution in [0.5, 0.6) is 23.0 Å². The Morgan fingerprint density at radius 1 is 0.365 bits per heavy atom. The third-order valence-corrected chi connectivity index (χ3v) is 7.57. The number of rotatable bonds is 12. The van der Waals surface area contributed by atoms with Crippen molar-refractivity contribution in [3.05, 3.63) is 117 Å². The van der Waals surface area contributed by atoms with Gasteiger partial charge in [-0.2, -0.15) is 0 Å². The Balaban J connectivity index is 0.00000338. The van der Waals surface area contributed by atoms with Gasteiger partial charge < -0.3 is 58.6 Å². The van der Waals surface area contributed by atoms with E-state index >= 15 is 0 Å². The zero-order valence-corrected chi connectivity index (χ0v) is 37.5. The van der Waals surface area contributed by atoms with Crippen LogP contribution in [-0.4, -0.2) is 50.3 Å². The van der Waals surface area contributed by atoms with E-state index in [1.807, 2.05) is 0 Å². The second-order valence-corrected chi connectivity index (χ2v) is 11.0. The number of carbonyl (C=O) groups excluding carboxylic acids is 4. The average Bonchev–Trinajstić information content (AvgIpc) is 3.02. The van der Waals surface area contributed by atoms with Crippen molar-refractivity contribution in [1.29, 1.82) is 0 Å². The van der Waals surface area contributed by atoms with Gasteiger partial charge in [0.05, 0.1) is 23.9 Å². The van der Waals surface area contributed by atoms with Crippen LogP contribution < -0.4 is 158 Å². The Bertz CT molecular complexity index is 1530. The third-order valence-electron chi connectivity index (χ3n) is 7.57. The van der Waals surface area contributed by atoms with Crippen molar-refractivity contribution >= 4 is 23.9 Å². The number of ether oxygens (including phenoxy) is 4. The van der Waals surface area contributed by atoms with E-state index in [-0.39, 0.29) is 167 Å². The van der Waals surface area contributed by atoms with E-state index in [1.54, 1.807) is 72.8 Å². The van der Waals surface area contributed by atoms with Gasteiger partial charge in [0.25, 0.3) is 0 Å². The van der Waals surface area contributed by atoms with Crippen LogP contribution in [0.1, 0.15) is 44.5 Å². The van der Waals surface area contributed by atoms with Gasteiger partial charge in [-0.15, -0.1) is 0 Å². The fourth-order valence-electron chi connectivity index (χ4n) is 5.75. The molecule has 0 atom stereocenters. The summed E-state index contributed by atoms with van der Waals surface area (Å²) in [7, 11) is 0. The normalized spacial score (nSPS) is 11.1. The largest absolute Gasteiger partial charge is 1.00 e. The predicted molar refractivity (Wildman–Crippen MR) is 159 cm³/mol. The molecule has 0 radical (unpaired) electrons. The van der Waals surface area contributed by atoms with E-state index < -0.39 is 50.3 Å². The van der Waals surface area contributed by atoms with Gasteiger partial charge in [-0.05, 0) is 44.5 Å². The van der Waals surface area contributed by atoms with Crippen LogP contribution in [0, 0.1) is 0 Å². The van der Waals surface area contributed by atoms with E-state index in [4.69, 9.17) is 18.9 Å². The Morgan fingerprint density at radius 2 is 0.519 bits per heavy atom. The maximum atomic E-state index is 11.5. The first-order valence-corrected chi connectivity index (χ1v) is 14.8. The summed E-state index contributed by atoms with van der Waals surface area (Å²) in [5.41, 5.74) is 4.37. The van der Waals surface area contributed by atoms with Crippen molar-refractivity contribution in [2.75, 3.05) is 26.4 Å². The number of carboxylic acids is 4. The number of hydrogen-bond donors (Lipinski definition) is 0. The second-order valence-electron chi connectivity index (χ2n) is 11.0. The van der Waals surface area contributed by atoms with Crippen LogP contribution in [0.2, 0.25) is 0 Å². The number of para-hydroxylation sites is 4. The van der Waals surface area contributed by atoms with Gasteiger partial charge in [0.2, 0.25) is 0 Å². The Kier molecular flexibility index (Phi) is 21.2. The molecule has 0 fully saturated rings. The number of aliphatic carboxylic acids is 4. The van der Waals surface area contributed by atoms with Gasteiger partial charge in [-0.1, -0.05) is 72.8 Å². The number of fused-ring (bicyclic) bond motifs is 8. The van der Waals surface area contributed by atoms with Crippen molar-refractivity contribution in [1.82, 2.24) is 0 Å². The molecule has 52 heavy (non-hydrogen) atoms. The van der Waals surface area contributed by atoms with E-state index in [2.05, 4.69) is 0 Å². The minimum absolute atomic E-state index is 0.